The Hall–Kier alpha value is -1.69. The first-order valence-electron chi connectivity index (χ1n) is 11.2. The van der Waals surface area contributed by atoms with Gasteiger partial charge in [0.25, 0.3) is 0 Å². The molecule has 0 bridgehead atoms. The Balaban J connectivity index is 3.34. The predicted molar refractivity (Wildman–Crippen MR) is 120 cm³/mol. The average molecular weight is 457 g/mol. The molecule has 8 heteroatoms. The summed E-state index contributed by atoms with van der Waals surface area (Å²) in [6, 6.07) is 9.08. The van der Waals surface area contributed by atoms with Crippen LogP contribution in [0.5, 0.6) is 0 Å². The second-order valence-corrected chi connectivity index (χ2v) is 9.35. The highest BCUT2D eigenvalue weighted by atomic mass is 31.2. The second kappa shape index (κ2) is 15.2. The molecule has 0 aromatic heterocycles. The van der Waals surface area contributed by atoms with Crippen LogP contribution in [-0.2, 0) is 32.7 Å². The van der Waals surface area contributed by atoms with Crippen molar-refractivity contribution in [2.45, 2.75) is 65.5 Å². The average Bonchev–Trinajstić information content (AvgIpc) is 2.75. The number of ether oxygens (including phenoxy) is 2. The number of carbonyl (C=O) groups is 2. The second-order valence-electron chi connectivity index (χ2n) is 7.13. The molecule has 176 valence electrons. The van der Waals surface area contributed by atoms with Gasteiger partial charge in [0.2, 0.25) is 0 Å². The molecule has 0 heterocycles. The van der Waals surface area contributed by atoms with Gasteiger partial charge in [0.15, 0.2) is 5.92 Å². The van der Waals surface area contributed by atoms with Crippen LogP contribution in [0.4, 0.5) is 0 Å². The lowest BCUT2D eigenvalue weighted by Crippen LogP contribution is -2.30. The van der Waals surface area contributed by atoms with Crippen LogP contribution in [0, 0.1) is 5.92 Å². The predicted octanol–water partition coefficient (Wildman–Crippen LogP) is 5.69. The largest absolute Gasteiger partial charge is 0.465 e. The van der Waals surface area contributed by atoms with E-state index >= 15 is 0 Å². The summed E-state index contributed by atoms with van der Waals surface area (Å²) in [5, 5.41) is 0. The van der Waals surface area contributed by atoms with Crippen LogP contribution in [0.1, 0.15) is 71.0 Å². The van der Waals surface area contributed by atoms with Crippen molar-refractivity contribution in [3.63, 3.8) is 0 Å². The van der Waals surface area contributed by atoms with E-state index in [0.29, 0.717) is 5.56 Å². The van der Waals surface area contributed by atoms with Crippen molar-refractivity contribution in [1.29, 1.82) is 0 Å². The molecular formula is C23H37O7P. The zero-order valence-corrected chi connectivity index (χ0v) is 20.1. The van der Waals surface area contributed by atoms with Gasteiger partial charge in [0, 0.05) is 0 Å². The van der Waals surface area contributed by atoms with E-state index in [1.54, 1.807) is 26.0 Å². The zero-order valence-electron chi connectivity index (χ0n) is 19.2. The van der Waals surface area contributed by atoms with Gasteiger partial charge in [-0.2, -0.15) is 0 Å². The molecule has 0 fully saturated rings. The quantitative estimate of drug-likeness (QED) is 0.137. The third kappa shape index (κ3) is 9.14. The van der Waals surface area contributed by atoms with E-state index < -0.39 is 31.1 Å². The Kier molecular flexibility index (Phi) is 13.4. The van der Waals surface area contributed by atoms with E-state index in [4.69, 9.17) is 18.5 Å². The van der Waals surface area contributed by atoms with Crippen LogP contribution < -0.4 is 0 Å². The van der Waals surface area contributed by atoms with E-state index in [2.05, 4.69) is 0 Å². The fourth-order valence-corrected chi connectivity index (χ4v) is 5.22. The molecule has 1 unspecified atom stereocenters. The van der Waals surface area contributed by atoms with Crippen molar-refractivity contribution in [3.05, 3.63) is 35.9 Å². The van der Waals surface area contributed by atoms with Crippen LogP contribution in [0.2, 0.25) is 0 Å². The third-order valence-corrected chi connectivity index (χ3v) is 7.06. The SMILES string of the molecule is CCCCOP(=O)(OCCCC)C(CC(C(=O)OCC)C(=O)OCC)c1ccccc1. The summed E-state index contributed by atoms with van der Waals surface area (Å²) in [6.07, 6.45) is 3.11. The van der Waals surface area contributed by atoms with Gasteiger partial charge in [-0.1, -0.05) is 57.0 Å². The maximum Gasteiger partial charge on any atom is 0.338 e. The smallest absolute Gasteiger partial charge is 0.338 e. The molecule has 1 aromatic carbocycles. The zero-order chi connectivity index (χ0) is 23.1. The number of hydrogen-bond acceptors (Lipinski definition) is 7. The van der Waals surface area contributed by atoms with Crippen LogP contribution in [0.25, 0.3) is 0 Å². The minimum atomic E-state index is -3.70. The summed E-state index contributed by atoms with van der Waals surface area (Å²) in [4.78, 5) is 25.2. The normalized spacial score (nSPS) is 12.5. The maximum absolute atomic E-state index is 14.0. The lowest BCUT2D eigenvalue weighted by Gasteiger charge is -2.29. The Labute approximate surface area is 186 Å². The summed E-state index contributed by atoms with van der Waals surface area (Å²) in [6.45, 7) is 8.16. The van der Waals surface area contributed by atoms with E-state index in [9.17, 15) is 14.2 Å². The van der Waals surface area contributed by atoms with E-state index in [1.807, 2.05) is 32.0 Å². The number of carbonyl (C=O) groups excluding carboxylic acids is 2. The third-order valence-electron chi connectivity index (χ3n) is 4.71. The van der Waals surface area contributed by atoms with Gasteiger partial charge in [0.05, 0.1) is 32.1 Å². The first-order valence-corrected chi connectivity index (χ1v) is 12.8. The minimum Gasteiger partial charge on any atom is -0.465 e. The minimum absolute atomic E-state index is 0.0861. The van der Waals surface area contributed by atoms with Gasteiger partial charge in [-0.25, -0.2) is 0 Å². The molecule has 0 radical (unpaired) electrons. The standard InChI is InChI=1S/C23H37O7P/c1-5-9-16-29-31(26,30-17-10-6-2)21(19-14-12-11-13-15-19)18-20(22(24)27-7-3)23(25)28-8-4/h11-15,20-21H,5-10,16-18H2,1-4H3. The molecule has 1 rings (SSSR count). The first kappa shape index (κ1) is 27.3. The molecule has 0 amide bonds. The lowest BCUT2D eigenvalue weighted by atomic mass is 9.99. The monoisotopic (exact) mass is 456 g/mol. The molecule has 0 saturated heterocycles. The highest BCUT2D eigenvalue weighted by molar-refractivity contribution is 7.54. The summed E-state index contributed by atoms with van der Waals surface area (Å²) < 4.78 is 35.9. The van der Waals surface area contributed by atoms with Crippen LogP contribution >= 0.6 is 7.60 Å². The van der Waals surface area contributed by atoms with Gasteiger partial charge >= 0.3 is 19.5 Å². The summed E-state index contributed by atoms with van der Waals surface area (Å²) >= 11 is 0. The van der Waals surface area contributed by atoms with Crippen molar-refractivity contribution in [2.24, 2.45) is 5.92 Å². The molecule has 0 saturated carbocycles. The van der Waals surface area contributed by atoms with Gasteiger partial charge in [-0.15, -0.1) is 0 Å². The van der Waals surface area contributed by atoms with Gasteiger partial charge in [-0.05, 0) is 38.7 Å². The summed E-state index contributed by atoms with van der Waals surface area (Å²) in [5.41, 5.74) is -0.126. The number of unbranched alkanes of at least 4 members (excludes halogenated alkanes) is 2. The number of hydrogen-bond donors (Lipinski definition) is 0. The molecule has 0 N–H and O–H groups in total. The van der Waals surface area contributed by atoms with Crippen molar-refractivity contribution >= 4 is 19.5 Å². The van der Waals surface area contributed by atoms with E-state index in [1.165, 1.54) is 0 Å². The number of rotatable bonds is 16. The molecule has 1 atom stereocenters. The Morgan fingerprint density at radius 3 is 1.74 bits per heavy atom. The summed E-state index contributed by atoms with van der Waals surface area (Å²) in [5.74, 6) is -2.62. The van der Waals surface area contributed by atoms with Crippen molar-refractivity contribution in [1.82, 2.24) is 0 Å². The maximum atomic E-state index is 14.0. The van der Waals surface area contributed by atoms with Crippen molar-refractivity contribution < 1.29 is 32.7 Å². The van der Waals surface area contributed by atoms with Crippen LogP contribution in [-0.4, -0.2) is 38.4 Å². The van der Waals surface area contributed by atoms with Crippen LogP contribution in [0.3, 0.4) is 0 Å². The highest BCUT2D eigenvalue weighted by Gasteiger charge is 2.43. The molecule has 7 nitrogen and oxygen atoms in total. The fraction of sp³-hybridized carbons (Fsp3) is 0.652. The Morgan fingerprint density at radius 1 is 0.839 bits per heavy atom. The number of esters is 2. The molecule has 0 spiro atoms. The molecule has 31 heavy (non-hydrogen) atoms. The van der Waals surface area contributed by atoms with Crippen molar-refractivity contribution in [3.8, 4) is 0 Å². The van der Waals surface area contributed by atoms with E-state index in [-0.39, 0.29) is 32.8 Å². The molecule has 0 aliphatic carbocycles. The first-order chi connectivity index (χ1) is 14.9. The topological polar surface area (TPSA) is 88.1 Å². The Morgan fingerprint density at radius 2 is 1.32 bits per heavy atom. The van der Waals surface area contributed by atoms with Crippen LogP contribution in [0.15, 0.2) is 30.3 Å². The Bertz CT molecular complexity index is 660. The van der Waals surface area contributed by atoms with Crippen molar-refractivity contribution in [2.75, 3.05) is 26.4 Å². The van der Waals surface area contributed by atoms with E-state index in [0.717, 1.165) is 25.7 Å². The van der Waals surface area contributed by atoms with Gasteiger partial charge in [0.1, 0.15) is 0 Å². The molecule has 0 aliphatic rings. The molecule has 1 aromatic rings. The number of benzene rings is 1. The lowest BCUT2D eigenvalue weighted by molar-refractivity contribution is -0.161. The highest BCUT2D eigenvalue weighted by Crippen LogP contribution is 2.63. The fourth-order valence-electron chi connectivity index (χ4n) is 3.01. The summed E-state index contributed by atoms with van der Waals surface area (Å²) in [7, 11) is -3.70. The molecular weight excluding hydrogens is 419 g/mol. The van der Waals surface area contributed by atoms with Gasteiger partial charge < -0.3 is 18.5 Å². The van der Waals surface area contributed by atoms with Gasteiger partial charge in [-0.3, -0.25) is 14.2 Å². The molecule has 0 aliphatic heterocycles.